The molecule has 1 atom stereocenters. The lowest BCUT2D eigenvalue weighted by molar-refractivity contribution is -0.384. The Balaban J connectivity index is 1.43. The number of carbonyl (C=O) groups excluding carboxylic acids is 2. The molecule has 0 bridgehead atoms. The second-order valence-electron chi connectivity index (χ2n) is 7.09. The Hall–Kier alpha value is -3.70. The Kier molecular flexibility index (Phi) is 6.16. The summed E-state index contributed by atoms with van der Waals surface area (Å²) in [6.07, 6.45) is -0.0110. The van der Waals surface area contributed by atoms with Crippen LogP contribution in [0.4, 0.5) is 17.1 Å². The van der Waals surface area contributed by atoms with Crippen molar-refractivity contribution in [2.45, 2.75) is 21.5 Å². The first kappa shape index (κ1) is 22.5. The van der Waals surface area contributed by atoms with E-state index in [9.17, 15) is 28.1 Å². The SMILES string of the molecule is O=C1CC(Sc2ccc(NS(=O)(=O)c3ccccc3)cc2)C(=O)N1c1ccc([N+](=O)[O-])cc1. The molecule has 0 radical (unpaired) electrons. The molecule has 3 aromatic carbocycles. The molecule has 1 saturated heterocycles. The van der Waals surface area contributed by atoms with Gasteiger partial charge in [0.15, 0.2) is 0 Å². The van der Waals surface area contributed by atoms with Gasteiger partial charge in [0.05, 0.1) is 20.8 Å². The van der Waals surface area contributed by atoms with Crippen molar-refractivity contribution in [3.05, 3.63) is 89.0 Å². The number of anilines is 2. The number of nitrogens with zero attached hydrogens (tertiary/aromatic N) is 2. The van der Waals surface area contributed by atoms with Gasteiger partial charge in [-0.1, -0.05) is 18.2 Å². The van der Waals surface area contributed by atoms with Gasteiger partial charge in [-0.15, -0.1) is 11.8 Å². The van der Waals surface area contributed by atoms with Crippen molar-refractivity contribution < 1.29 is 22.9 Å². The Morgan fingerprint density at radius 3 is 2.18 bits per heavy atom. The number of sulfonamides is 1. The lowest BCUT2D eigenvalue weighted by Crippen LogP contribution is -2.31. The number of hydrogen-bond acceptors (Lipinski definition) is 7. The molecule has 4 rings (SSSR count). The molecule has 168 valence electrons. The molecule has 1 fully saturated rings. The Morgan fingerprint density at radius 1 is 0.939 bits per heavy atom. The minimum atomic E-state index is -3.72. The highest BCUT2D eigenvalue weighted by atomic mass is 32.2. The third-order valence-electron chi connectivity index (χ3n) is 4.86. The average Bonchev–Trinajstić information content (AvgIpc) is 3.08. The lowest BCUT2D eigenvalue weighted by atomic mass is 10.2. The maximum Gasteiger partial charge on any atom is 0.269 e. The van der Waals surface area contributed by atoms with Crippen molar-refractivity contribution in [1.29, 1.82) is 0 Å². The molecule has 3 aromatic rings. The van der Waals surface area contributed by atoms with Crippen LogP contribution in [0.1, 0.15) is 6.42 Å². The lowest BCUT2D eigenvalue weighted by Gasteiger charge is -2.15. The molecule has 0 aliphatic carbocycles. The number of imide groups is 1. The average molecular weight is 484 g/mol. The van der Waals surface area contributed by atoms with Gasteiger partial charge in [-0.3, -0.25) is 24.4 Å². The van der Waals surface area contributed by atoms with E-state index in [0.717, 1.165) is 4.90 Å². The fourth-order valence-electron chi connectivity index (χ4n) is 3.27. The van der Waals surface area contributed by atoms with Crippen LogP contribution in [-0.2, 0) is 19.6 Å². The van der Waals surface area contributed by atoms with Gasteiger partial charge in [0.1, 0.15) is 0 Å². The van der Waals surface area contributed by atoms with E-state index in [-0.39, 0.29) is 22.7 Å². The van der Waals surface area contributed by atoms with Gasteiger partial charge in [-0.2, -0.15) is 0 Å². The molecule has 2 amide bonds. The van der Waals surface area contributed by atoms with Crippen molar-refractivity contribution in [1.82, 2.24) is 0 Å². The molecule has 11 heteroatoms. The second-order valence-corrected chi connectivity index (χ2v) is 10.1. The number of rotatable bonds is 7. The van der Waals surface area contributed by atoms with Crippen molar-refractivity contribution in [2.75, 3.05) is 9.62 Å². The van der Waals surface area contributed by atoms with Crippen molar-refractivity contribution in [2.24, 2.45) is 0 Å². The van der Waals surface area contributed by atoms with E-state index in [2.05, 4.69) is 4.72 Å². The predicted molar refractivity (Wildman–Crippen MR) is 124 cm³/mol. The van der Waals surface area contributed by atoms with E-state index in [1.807, 2.05) is 0 Å². The Morgan fingerprint density at radius 2 is 1.58 bits per heavy atom. The summed E-state index contributed by atoms with van der Waals surface area (Å²) >= 11 is 1.20. The molecule has 33 heavy (non-hydrogen) atoms. The van der Waals surface area contributed by atoms with Crippen molar-refractivity contribution >= 4 is 50.7 Å². The van der Waals surface area contributed by atoms with E-state index in [4.69, 9.17) is 0 Å². The summed E-state index contributed by atoms with van der Waals surface area (Å²) in [5.74, 6) is -0.800. The molecule has 0 aromatic heterocycles. The molecular formula is C22H17N3O6S2. The topological polar surface area (TPSA) is 127 Å². The number of nitrogens with one attached hydrogen (secondary N) is 1. The second kappa shape index (κ2) is 9.04. The number of nitro groups is 1. The molecule has 1 aliphatic heterocycles. The van der Waals surface area contributed by atoms with Crippen LogP contribution >= 0.6 is 11.8 Å². The third kappa shape index (κ3) is 4.89. The predicted octanol–water partition coefficient (Wildman–Crippen LogP) is 3.82. The van der Waals surface area contributed by atoms with E-state index < -0.39 is 32.0 Å². The molecule has 1 aliphatic rings. The summed E-state index contributed by atoms with van der Waals surface area (Å²) in [7, 11) is -3.72. The minimum absolute atomic E-state index is 0.0110. The van der Waals surface area contributed by atoms with Crippen LogP contribution < -0.4 is 9.62 Å². The highest BCUT2D eigenvalue weighted by Gasteiger charge is 2.40. The number of carbonyl (C=O) groups is 2. The number of non-ortho nitro benzene ring substituents is 1. The number of benzene rings is 3. The summed E-state index contributed by atoms with van der Waals surface area (Å²) in [4.78, 5) is 37.4. The van der Waals surface area contributed by atoms with Gasteiger partial charge in [-0.25, -0.2) is 13.3 Å². The molecule has 0 spiro atoms. The fraction of sp³-hybridized carbons (Fsp3) is 0.0909. The quantitative estimate of drug-likeness (QED) is 0.307. The van der Waals surface area contributed by atoms with Crippen molar-refractivity contribution in [3.63, 3.8) is 0 Å². The van der Waals surface area contributed by atoms with Gasteiger partial charge >= 0.3 is 0 Å². The zero-order valence-corrected chi connectivity index (χ0v) is 18.6. The van der Waals surface area contributed by atoms with E-state index in [1.165, 1.54) is 48.2 Å². The third-order valence-corrected chi connectivity index (χ3v) is 7.46. The van der Waals surface area contributed by atoms with Gasteiger partial charge in [-0.05, 0) is 48.5 Å². The van der Waals surface area contributed by atoms with Crippen LogP contribution in [0.2, 0.25) is 0 Å². The van der Waals surface area contributed by atoms with Gasteiger partial charge < -0.3 is 0 Å². The summed E-state index contributed by atoms with van der Waals surface area (Å²) in [5.41, 5.74) is 0.514. The van der Waals surface area contributed by atoms with E-state index in [1.54, 1.807) is 42.5 Å². The zero-order valence-electron chi connectivity index (χ0n) is 17.0. The maximum absolute atomic E-state index is 12.8. The fourth-order valence-corrected chi connectivity index (χ4v) is 5.40. The largest absolute Gasteiger partial charge is 0.280 e. The molecule has 1 heterocycles. The maximum atomic E-state index is 12.8. The Bertz CT molecular complexity index is 1310. The van der Waals surface area contributed by atoms with Gasteiger partial charge in [0.25, 0.3) is 15.7 Å². The minimum Gasteiger partial charge on any atom is -0.280 e. The van der Waals surface area contributed by atoms with Crippen LogP contribution in [0.3, 0.4) is 0 Å². The monoisotopic (exact) mass is 483 g/mol. The van der Waals surface area contributed by atoms with Crippen LogP contribution in [-0.4, -0.2) is 30.4 Å². The van der Waals surface area contributed by atoms with E-state index >= 15 is 0 Å². The summed E-state index contributed by atoms with van der Waals surface area (Å²) in [6.45, 7) is 0. The first-order valence-electron chi connectivity index (χ1n) is 9.70. The number of thioether (sulfide) groups is 1. The first-order chi connectivity index (χ1) is 15.7. The molecule has 1 unspecified atom stereocenters. The standard InChI is InChI=1S/C22H17N3O6S2/c26-21-14-20(22(27)24(21)16-8-10-17(11-9-16)25(28)29)32-18-12-6-15(7-13-18)23-33(30,31)19-4-2-1-3-5-19/h1-13,20,23H,14H2. The first-order valence-corrected chi connectivity index (χ1v) is 12.1. The van der Waals surface area contributed by atoms with Crippen LogP contribution in [0.5, 0.6) is 0 Å². The van der Waals surface area contributed by atoms with Gasteiger partial charge in [0, 0.05) is 29.1 Å². The van der Waals surface area contributed by atoms with Gasteiger partial charge in [0.2, 0.25) is 11.8 Å². The molecule has 9 nitrogen and oxygen atoms in total. The highest BCUT2D eigenvalue weighted by molar-refractivity contribution is 8.00. The zero-order chi connectivity index (χ0) is 23.6. The van der Waals surface area contributed by atoms with Crippen LogP contribution in [0.15, 0.2) is 88.7 Å². The Labute approximate surface area is 193 Å². The van der Waals surface area contributed by atoms with Crippen molar-refractivity contribution in [3.8, 4) is 0 Å². The number of hydrogen-bond donors (Lipinski definition) is 1. The van der Waals surface area contributed by atoms with Crippen LogP contribution in [0.25, 0.3) is 0 Å². The molecule has 0 saturated carbocycles. The molecule has 1 N–H and O–H groups in total. The number of amides is 2. The van der Waals surface area contributed by atoms with E-state index in [0.29, 0.717) is 10.6 Å². The smallest absolute Gasteiger partial charge is 0.269 e. The summed E-state index contributed by atoms with van der Waals surface area (Å²) in [6, 6.07) is 19.7. The summed E-state index contributed by atoms with van der Waals surface area (Å²) in [5, 5.41) is 10.2. The number of nitro benzene ring substituents is 1. The van der Waals surface area contributed by atoms with Crippen LogP contribution in [0, 0.1) is 10.1 Å². The normalized spacial score (nSPS) is 16.1. The highest BCUT2D eigenvalue weighted by Crippen LogP contribution is 2.35. The summed E-state index contributed by atoms with van der Waals surface area (Å²) < 4.78 is 27.4. The molecular weight excluding hydrogens is 466 g/mol.